The predicted molar refractivity (Wildman–Crippen MR) is 43.9 cm³/mol. The molecule has 2 nitrogen and oxygen atoms in total. The standard InChI is InChI=1S/C7H15ClN2/c1-6(2)5-10(8)7(3,4)9-6/h9H,5H2,1-4H3. The number of nitrogens with zero attached hydrogens (tertiary/aromatic N) is 1. The summed E-state index contributed by atoms with van der Waals surface area (Å²) < 4.78 is 1.81. The van der Waals surface area contributed by atoms with Crippen LogP contribution in [-0.2, 0) is 0 Å². The van der Waals surface area contributed by atoms with E-state index in [2.05, 4.69) is 33.0 Å². The third-order valence-corrected chi connectivity index (χ3v) is 2.33. The van der Waals surface area contributed by atoms with E-state index in [-0.39, 0.29) is 11.2 Å². The van der Waals surface area contributed by atoms with Gasteiger partial charge < -0.3 is 0 Å². The summed E-state index contributed by atoms with van der Waals surface area (Å²) in [7, 11) is 0. The highest BCUT2D eigenvalue weighted by Crippen LogP contribution is 2.27. The minimum atomic E-state index is -0.0644. The van der Waals surface area contributed by atoms with Gasteiger partial charge in [-0.25, -0.2) is 0 Å². The molecule has 1 rings (SSSR count). The van der Waals surface area contributed by atoms with Gasteiger partial charge >= 0.3 is 0 Å². The van der Waals surface area contributed by atoms with Crippen LogP contribution >= 0.6 is 11.8 Å². The molecule has 0 aromatic rings. The highest BCUT2D eigenvalue weighted by atomic mass is 35.5. The van der Waals surface area contributed by atoms with Crippen molar-refractivity contribution in [2.45, 2.75) is 38.9 Å². The molecule has 1 N–H and O–H groups in total. The molecule has 60 valence electrons. The second-order valence-electron chi connectivity index (χ2n) is 4.09. The lowest BCUT2D eigenvalue weighted by atomic mass is 10.1. The van der Waals surface area contributed by atoms with E-state index in [9.17, 15) is 0 Å². The average Bonchev–Trinajstić information content (AvgIpc) is 1.73. The number of halogens is 1. The van der Waals surface area contributed by atoms with Gasteiger partial charge in [0, 0.05) is 12.1 Å². The summed E-state index contributed by atoms with van der Waals surface area (Å²) in [5.74, 6) is 0. The van der Waals surface area contributed by atoms with Crippen molar-refractivity contribution in [1.82, 2.24) is 9.74 Å². The fourth-order valence-corrected chi connectivity index (χ4v) is 1.81. The molecule has 1 heterocycles. The maximum Gasteiger partial charge on any atom is 0.0803 e. The zero-order valence-electron chi connectivity index (χ0n) is 7.03. The van der Waals surface area contributed by atoms with Crippen LogP contribution in [0.2, 0.25) is 0 Å². The van der Waals surface area contributed by atoms with Crippen molar-refractivity contribution >= 4 is 11.8 Å². The maximum absolute atomic E-state index is 5.96. The minimum absolute atomic E-state index is 0.0644. The van der Waals surface area contributed by atoms with Crippen molar-refractivity contribution in [2.24, 2.45) is 0 Å². The van der Waals surface area contributed by atoms with Crippen molar-refractivity contribution in [3.05, 3.63) is 0 Å². The molecular formula is C7H15ClN2. The molecule has 0 aromatic heterocycles. The van der Waals surface area contributed by atoms with Crippen LogP contribution in [0.3, 0.4) is 0 Å². The number of hydrogen-bond acceptors (Lipinski definition) is 2. The van der Waals surface area contributed by atoms with Gasteiger partial charge in [-0.15, -0.1) is 0 Å². The molecule has 10 heavy (non-hydrogen) atoms. The Bertz CT molecular complexity index is 143. The van der Waals surface area contributed by atoms with Gasteiger partial charge in [0.1, 0.15) is 0 Å². The minimum Gasteiger partial charge on any atom is -0.292 e. The predicted octanol–water partition coefficient (Wildman–Crippen LogP) is 1.56. The molecular weight excluding hydrogens is 148 g/mol. The smallest absolute Gasteiger partial charge is 0.0803 e. The van der Waals surface area contributed by atoms with Crippen molar-refractivity contribution < 1.29 is 0 Å². The molecule has 0 unspecified atom stereocenters. The van der Waals surface area contributed by atoms with Crippen LogP contribution in [-0.4, -0.2) is 22.2 Å². The SMILES string of the molecule is CC1(C)CN(Cl)C(C)(C)N1. The topological polar surface area (TPSA) is 15.3 Å². The quantitative estimate of drug-likeness (QED) is 0.544. The van der Waals surface area contributed by atoms with Gasteiger partial charge in [-0.2, -0.15) is 4.42 Å². The first-order chi connectivity index (χ1) is 4.33. The summed E-state index contributed by atoms with van der Waals surface area (Å²) in [6.07, 6.45) is 0. The third-order valence-electron chi connectivity index (χ3n) is 1.78. The highest BCUT2D eigenvalue weighted by Gasteiger charge is 2.41. The van der Waals surface area contributed by atoms with E-state index < -0.39 is 0 Å². The Kier molecular flexibility index (Phi) is 1.74. The molecule has 0 bridgehead atoms. The van der Waals surface area contributed by atoms with Crippen LogP contribution in [0.4, 0.5) is 0 Å². The van der Waals surface area contributed by atoms with Gasteiger partial charge in [0.25, 0.3) is 0 Å². The average molecular weight is 163 g/mol. The summed E-state index contributed by atoms with van der Waals surface area (Å²) in [6, 6.07) is 0. The van der Waals surface area contributed by atoms with Crippen molar-refractivity contribution in [1.29, 1.82) is 0 Å². The number of hydrogen-bond donors (Lipinski definition) is 1. The Morgan fingerprint density at radius 1 is 1.30 bits per heavy atom. The summed E-state index contributed by atoms with van der Waals surface area (Å²) in [6.45, 7) is 9.35. The lowest BCUT2D eigenvalue weighted by molar-refractivity contribution is 0.271. The Morgan fingerprint density at radius 2 is 1.80 bits per heavy atom. The molecule has 1 fully saturated rings. The largest absolute Gasteiger partial charge is 0.292 e. The molecule has 0 saturated carbocycles. The molecule has 0 atom stereocenters. The van der Waals surface area contributed by atoms with E-state index >= 15 is 0 Å². The first-order valence-electron chi connectivity index (χ1n) is 3.56. The Labute approximate surface area is 67.6 Å². The molecule has 0 spiro atoms. The van der Waals surface area contributed by atoms with Crippen molar-refractivity contribution in [2.75, 3.05) is 6.54 Å². The fourth-order valence-electron chi connectivity index (χ4n) is 1.47. The number of nitrogens with one attached hydrogen (secondary N) is 1. The molecule has 1 saturated heterocycles. The van der Waals surface area contributed by atoms with Gasteiger partial charge in [0.15, 0.2) is 0 Å². The molecule has 0 radical (unpaired) electrons. The van der Waals surface area contributed by atoms with Crippen LogP contribution in [0.15, 0.2) is 0 Å². The van der Waals surface area contributed by atoms with Gasteiger partial charge in [-0.3, -0.25) is 5.32 Å². The van der Waals surface area contributed by atoms with Crippen LogP contribution in [0.25, 0.3) is 0 Å². The first-order valence-corrected chi connectivity index (χ1v) is 3.90. The van der Waals surface area contributed by atoms with Crippen LogP contribution in [0, 0.1) is 0 Å². The molecule has 3 heteroatoms. The molecule has 1 aliphatic rings. The van der Waals surface area contributed by atoms with E-state index in [4.69, 9.17) is 11.8 Å². The normalized spacial score (nSPS) is 30.9. The van der Waals surface area contributed by atoms with Crippen LogP contribution < -0.4 is 5.32 Å². The van der Waals surface area contributed by atoms with E-state index in [0.717, 1.165) is 6.54 Å². The summed E-state index contributed by atoms with van der Waals surface area (Å²) in [4.78, 5) is 0. The maximum atomic E-state index is 5.96. The molecule has 1 aliphatic heterocycles. The lowest BCUT2D eigenvalue weighted by Gasteiger charge is -2.25. The molecule has 0 aliphatic carbocycles. The van der Waals surface area contributed by atoms with Gasteiger partial charge in [-0.05, 0) is 39.5 Å². The summed E-state index contributed by atoms with van der Waals surface area (Å²) in [5.41, 5.74) is 0.0797. The third kappa shape index (κ3) is 1.44. The first kappa shape index (κ1) is 8.31. The summed E-state index contributed by atoms with van der Waals surface area (Å²) >= 11 is 5.96. The second-order valence-corrected chi connectivity index (χ2v) is 4.50. The second kappa shape index (κ2) is 2.10. The molecule has 0 aromatic carbocycles. The Hall–Kier alpha value is 0.210. The zero-order valence-corrected chi connectivity index (χ0v) is 7.79. The van der Waals surface area contributed by atoms with Gasteiger partial charge in [0.2, 0.25) is 0 Å². The van der Waals surface area contributed by atoms with Gasteiger partial charge in [-0.1, -0.05) is 0 Å². The fraction of sp³-hybridized carbons (Fsp3) is 1.00. The van der Waals surface area contributed by atoms with Gasteiger partial charge in [0.05, 0.1) is 5.66 Å². The Morgan fingerprint density at radius 3 is 1.90 bits per heavy atom. The number of rotatable bonds is 0. The van der Waals surface area contributed by atoms with Crippen molar-refractivity contribution in [3.8, 4) is 0 Å². The Balaban J connectivity index is 2.71. The summed E-state index contributed by atoms with van der Waals surface area (Å²) in [5, 5.41) is 3.41. The van der Waals surface area contributed by atoms with Crippen LogP contribution in [0.1, 0.15) is 27.7 Å². The lowest BCUT2D eigenvalue weighted by Crippen LogP contribution is -2.46. The van der Waals surface area contributed by atoms with Crippen molar-refractivity contribution in [3.63, 3.8) is 0 Å². The highest BCUT2D eigenvalue weighted by molar-refractivity contribution is 6.14. The van der Waals surface area contributed by atoms with E-state index in [1.807, 2.05) is 4.42 Å². The van der Waals surface area contributed by atoms with E-state index in [1.54, 1.807) is 0 Å². The van der Waals surface area contributed by atoms with Crippen LogP contribution in [0.5, 0.6) is 0 Å². The molecule has 0 amide bonds. The van der Waals surface area contributed by atoms with E-state index in [1.165, 1.54) is 0 Å². The monoisotopic (exact) mass is 162 g/mol. The van der Waals surface area contributed by atoms with E-state index in [0.29, 0.717) is 0 Å². The zero-order chi connectivity index (χ0) is 7.99.